The molecule has 3 heterocycles. The van der Waals surface area contributed by atoms with Crippen molar-refractivity contribution < 1.29 is 9.53 Å². The van der Waals surface area contributed by atoms with Crippen LogP contribution in [0.5, 0.6) is 0 Å². The molecule has 120 valence electrons. The summed E-state index contributed by atoms with van der Waals surface area (Å²) in [5, 5.41) is 7.34. The molecule has 3 fully saturated rings. The molecule has 0 spiro atoms. The highest BCUT2D eigenvalue weighted by atomic mass is 16.5. The molecule has 4 rings (SSSR count). The minimum Gasteiger partial charge on any atom is -0.371 e. The molecule has 3 atom stereocenters. The van der Waals surface area contributed by atoms with E-state index in [-0.39, 0.29) is 24.0 Å². The molecule has 3 unspecified atom stereocenters. The number of fused-ring (bicyclic) bond motifs is 2. The number of carbonyl (C=O) groups excluding carboxylic acids is 1. The highest BCUT2D eigenvalue weighted by Gasteiger charge is 2.44. The van der Waals surface area contributed by atoms with Gasteiger partial charge in [-0.1, -0.05) is 0 Å². The maximum Gasteiger partial charge on any atom is 0.225 e. The summed E-state index contributed by atoms with van der Waals surface area (Å²) in [6.45, 7) is 3.50. The van der Waals surface area contributed by atoms with E-state index in [9.17, 15) is 4.79 Å². The maximum atomic E-state index is 12.4. The summed E-state index contributed by atoms with van der Waals surface area (Å²) >= 11 is 0. The van der Waals surface area contributed by atoms with Crippen molar-refractivity contribution in [3.63, 3.8) is 0 Å². The van der Waals surface area contributed by atoms with Crippen molar-refractivity contribution in [3.8, 4) is 0 Å². The Morgan fingerprint density at radius 2 is 2.32 bits per heavy atom. The normalized spacial score (nSPS) is 31.4. The lowest BCUT2D eigenvalue weighted by Gasteiger charge is -2.32. The Bertz CT molecular complexity index is 554. The molecule has 1 aliphatic carbocycles. The SMILES string of the molecule is Cn1cc(CN2CC3CC(C(=O)NCC4CC4)C(C2)O3)cn1. The average Bonchev–Trinajstić information content (AvgIpc) is 3.16. The van der Waals surface area contributed by atoms with Gasteiger partial charge < -0.3 is 10.1 Å². The largest absolute Gasteiger partial charge is 0.371 e. The molecular formula is C16H24N4O2. The molecule has 0 radical (unpaired) electrons. The van der Waals surface area contributed by atoms with E-state index in [1.165, 1.54) is 18.4 Å². The number of nitrogens with zero attached hydrogens (tertiary/aromatic N) is 3. The van der Waals surface area contributed by atoms with E-state index in [0.717, 1.165) is 38.5 Å². The predicted molar refractivity (Wildman–Crippen MR) is 81.0 cm³/mol. The van der Waals surface area contributed by atoms with Gasteiger partial charge in [-0.3, -0.25) is 14.4 Å². The molecule has 2 saturated heterocycles. The Labute approximate surface area is 130 Å². The third kappa shape index (κ3) is 3.03. The fourth-order valence-corrected chi connectivity index (χ4v) is 3.65. The van der Waals surface area contributed by atoms with Crippen molar-refractivity contribution in [1.82, 2.24) is 20.0 Å². The topological polar surface area (TPSA) is 59.4 Å². The number of nitrogens with one attached hydrogen (secondary N) is 1. The van der Waals surface area contributed by atoms with Crippen LogP contribution in [0.15, 0.2) is 12.4 Å². The van der Waals surface area contributed by atoms with Gasteiger partial charge in [0.05, 0.1) is 24.3 Å². The second-order valence-electron chi connectivity index (χ2n) is 7.04. The van der Waals surface area contributed by atoms with E-state index >= 15 is 0 Å². The van der Waals surface area contributed by atoms with Crippen LogP contribution in [0, 0.1) is 11.8 Å². The third-order valence-corrected chi connectivity index (χ3v) is 5.00. The van der Waals surface area contributed by atoms with Gasteiger partial charge in [-0.05, 0) is 25.2 Å². The lowest BCUT2D eigenvalue weighted by Crippen LogP contribution is -2.45. The van der Waals surface area contributed by atoms with Crippen LogP contribution in [0.2, 0.25) is 0 Å². The summed E-state index contributed by atoms with van der Waals surface area (Å²) in [5.41, 5.74) is 1.22. The number of hydrogen-bond donors (Lipinski definition) is 1. The Morgan fingerprint density at radius 3 is 3.05 bits per heavy atom. The van der Waals surface area contributed by atoms with E-state index in [1.54, 1.807) is 0 Å². The summed E-state index contributed by atoms with van der Waals surface area (Å²) < 4.78 is 7.84. The Kier molecular flexibility index (Phi) is 3.66. The Hall–Kier alpha value is -1.40. The minimum atomic E-state index is 0.0302. The van der Waals surface area contributed by atoms with Crippen LogP contribution in [0.4, 0.5) is 0 Å². The van der Waals surface area contributed by atoms with Crippen LogP contribution in [0.25, 0.3) is 0 Å². The second kappa shape index (κ2) is 5.66. The first-order valence-corrected chi connectivity index (χ1v) is 8.30. The number of aryl methyl sites for hydroxylation is 1. The Balaban J connectivity index is 1.33. The van der Waals surface area contributed by atoms with Crippen molar-refractivity contribution in [2.45, 2.75) is 38.0 Å². The molecule has 1 N–H and O–H groups in total. The quantitative estimate of drug-likeness (QED) is 0.862. The second-order valence-corrected chi connectivity index (χ2v) is 7.04. The van der Waals surface area contributed by atoms with E-state index in [1.807, 2.05) is 17.9 Å². The summed E-state index contributed by atoms with van der Waals surface area (Å²) in [6.07, 6.45) is 7.62. The number of carbonyl (C=O) groups is 1. The van der Waals surface area contributed by atoms with Crippen LogP contribution in [-0.4, -0.2) is 52.4 Å². The molecule has 1 aromatic heterocycles. The van der Waals surface area contributed by atoms with E-state index in [4.69, 9.17) is 4.74 Å². The zero-order valence-electron chi connectivity index (χ0n) is 13.1. The van der Waals surface area contributed by atoms with Crippen LogP contribution < -0.4 is 5.32 Å². The van der Waals surface area contributed by atoms with Gasteiger partial charge in [-0.15, -0.1) is 0 Å². The highest BCUT2D eigenvalue weighted by Crippen LogP contribution is 2.33. The average molecular weight is 304 g/mol. The number of amides is 1. The third-order valence-electron chi connectivity index (χ3n) is 5.00. The number of rotatable bonds is 5. The molecule has 6 heteroatoms. The molecule has 22 heavy (non-hydrogen) atoms. The van der Waals surface area contributed by atoms with Crippen LogP contribution in [0.1, 0.15) is 24.8 Å². The van der Waals surface area contributed by atoms with Crippen molar-refractivity contribution in [1.29, 1.82) is 0 Å². The zero-order chi connectivity index (χ0) is 15.1. The number of ether oxygens (including phenoxy) is 1. The summed E-state index contributed by atoms with van der Waals surface area (Å²) in [5.74, 6) is 0.956. The van der Waals surface area contributed by atoms with Gasteiger partial charge in [0.2, 0.25) is 5.91 Å². The van der Waals surface area contributed by atoms with E-state index < -0.39 is 0 Å². The molecule has 1 saturated carbocycles. The van der Waals surface area contributed by atoms with Crippen molar-refractivity contribution in [2.75, 3.05) is 19.6 Å². The first-order chi connectivity index (χ1) is 10.7. The minimum absolute atomic E-state index is 0.0302. The first kappa shape index (κ1) is 14.2. The number of hydrogen-bond acceptors (Lipinski definition) is 4. The van der Waals surface area contributed by atoms with Crippen LogP contribution >= 0.6 is 0 Å². The van der Waals surface area contributed by atoms with Crippen molar-refractivity contribution in [3.05, 3.63) is 18.0 Å². The fourth-order valence-electron chi connectivity index (χ4n) is 3.65. The Morgan fingerprint density at radius 1 is 1.45 bits per heavy atom. The van der Waals surface area contributed by atoms with Gasteiger partial charge in [-0.25, -0.2) is 0 Å². The molecule has 6 nitrogen and oxygen atoms in total. The first-order valence-electron chi connectivity index (χ1n) is 8.30. The smallest absolute Gasteiger partial charge is 0.225 e. The standard InChI is InChI=1S/C16H24N4O2/c1-19-7-12(6-18-19)8-20-9-13-4-14(15(10-20)22-13)16(21)17-5-11-2-3-11/h6-7,11,13-15H,2-5,8-10H2,1H3,(H,17,21). The van der Waals surface area contributed by atoms with Gasteiger partial charge in [0, 0.05) is 45.0 Å². The molecular weight excluding hydrogens is 280 g/mol. The van der Waals surface area contributed by atoms with Crippen molar-refractivity contribution in [2.24, 2.45) is 18.9 Å². The zero-order valence-corrected chi connectivity index (χ0v) is 13.1. The van der Waals surface area contributed by atoms with Crippen LogP contribution in [0.3, 0.4) is 0 Å². The summed E-state index contributed by atoms with van der Waals surface area (Å²) in [4.78, 5) is 14.8. The van der Waals surface area contributed by atoms with E-state index in [2.05, 4.69) is 21.5 Å². The van der Waals surface area contributed by atoms with Crippen molar-refractivity contribution >= 4 is 5.91 Å². The van der Waals surface area contributed by atoms with Gasteiger partial charge >= 0.3 is 0 Å². The highest BCUT2D eigenvalue weighted by molar-refractivity contribution is 5.79. The molecule has 2 aliphatic heterocycles. The number of morpholine rings is 1. The van der Waals surface area contributed by atoms with Crippen LogP contribution in [-0.2, 0) is 23.1 Å². The number of aromatic nitrogens is 2. The summed E-state index contributed by atoms with van der Waals surface area (Å²) in [6, 6.07) is 0. The lowest BCUT2D eigenvalue weighted by atomic mass is 9.99. The van der Waals surface area contributed by atoms with Gasteiger partial charge in [-0.2, -0.15) is 5.10 Å². The van der Waals surface area contributed by atoms with Gasteiger partial charge in [0.15, 0.2) is 0 Å². The maximum absolute atomic E-state index is 12.4. The van der Waals surface area contributed by atoms with Gasteiger partial charge in [0.25, 0.3) is 0 Å². The molecule has 3 aliphatic rings. The molecule has 2 bridgehead atoms. The van der Waals surface area contributed by atoms with Gasteiger partial charge in [0.1, 0.15) is 0 Å². The summed E-state index contributed by atoms with van der Waals surface area (Å²) in [7, 11) is 1.94. The predicted octanol–water partition coefficient (Wildman–Crippen LogP) is 0.536. The fraction of sp³-hybridized carbons (Fsp3) is 0.750. The molecule has 1 amide bonds. The lowest BCUT2D eigenvalue weighted by molar-refractivity contribution is -0.128. The number of likely N-dealkylation sites (tertiary alicyclic amines) is 1. The molecule has 0 aromatic carbocycles. The van der Waals surface area contributed by atoms with E-state index in [0.29, 0.717) is 0 Å². The monoisotopic (exact) mass is 304 g/mol. The molecule has 1 aromatic rings.